The van der Waals surface area contributed by atoms with Crippen LogP contribution in [0.4, 0.5) is 0 Å². The van der Waals surface area contributed by atoms with Gasteiger partial charge in [-0.05, 0) is 29.7 Å². The molecule has 4 nitrogen and oxygen atoms in total. The van der Waals surface area contributed by atoms with E-state index < -0.39 is 0 Å². The minimum atomic E-state index is 0.244. The van der Waals surface area contributed by atoms with Crippen LogP contribution in [0.25, 0.3) is 0 Å². The Labute approximate surface area is 162 Å². The zero-order valence-corrected chi connectivity index (χ0v) is 16.1. The average molecular weight is 364 g/mol. The van der Waals surface area contributed by atoms with E-state index in [1.165, 1.54) is 16.8 Å². The maximum atomic E-state index is 5.91. The third-order valence-corrected chi connectivity index (χ3v) is 5.55. The third kappa shape index (κ3) is 4.33. The Balaban J connectivity index is 1.43. The summed E-state index contributed by atoms with van der Waals surface area (Å²) in [6, 6.07) is 19.5. The summed E-state index contributed by atoms with van der Waals surface area (Å²) in [6.07, 6.45) is 3.30. The van der Waals surface area contributed by atoms with Crippen LogP contribution in [0.3, 0.4) is 0 Å². The maximum Gasteiger partial charge on any atom is 0.119 e. The van der Waals surface area contributed by atoms with Crippen LogP contribution in [0.1, 0.15) is 43.4 Å². The van der Waals surface area contributed by atoms with Crippen molar-refractivity contribution in [2.24, 2.45) is 11.0 Å². The predicted octanol–water partition coefficient (Wildman–Crippen LogP) is 4.39. The number of ether oxygens (including phenoxy) is 1. The first-order valence-corrected chi connectivity index (χ1v) is 10.1. The summed E-state index contributed by atoms with van der Waals surface area (Å²) >= 11 is 0. The van der Waals surface area contributed by atoms with Crippen molar-refractivity contribution in [2.45, 2.75) is 38.8 Å². The summed E-state index contributed by atoms with van der Waals surface area (Å²) in [5.41, 5.74) is 7.37. The molecule has 4 rings (SSSR count). The predicted molar refractivity (Wildman–Crippen MR) is 110 cm³/mol. The van der Waals surface area contributed by atoms with E-state index in [0.29, 0.717) is 5.92 Å². The van der Waals surface area contributed by atoms with Gasteiger partial charge in [0.15, 0.2) is 0 Å². The SMILES string of the molecule is CCCCOc1cccc(C2NN=C3CCN(Cc4ccccc4)CC32)c1. The van der Waals surface area contributed by atoms with Crippen LogP contribution in [0, 0.1) is 5.92 Å². The quantitative estimate of drug-likeness (QED) is 0.742. The third-order valence-electron chi connectivity index (χ3n) is 5.55. The lowest BCUT2D eigenvalue weighted by Crippen LogP contribution is -2.41. The molecule has 2 aromatic rings. The number of piperidine rings is 1. The van der Waals surface area contributed by atoms with Gasteiger partial charge in [-0.3, -0.25) is 4.90 Å². The summed E-state index contributed by atoms with van der Waals surface area (Å²) in [5, 5.41) is 4.66. The number of nitrogens with one attached hydrogen (secondary N) is 1. The molecular weight excluding hydrogens is 334 g/mol. The van der Waals surface area contributed by atoms with Gasteiger partial charge in [0.2, 0.25) is 0 Å². The monoisotopic (exact) mass is 363 g/mol. The number of benzene rings is 2. The van der Waals surface area contributed by atoms with E-state index in [4.69, 9.17) is 4.74 Å². The molecule has 0 bridgehead atoms. The molecule has 2 aromatic carbocycles. The summed E-state index contributed by atoms with van der Waals surface area (Å²) in [4.78, 5) is 2.56. The van der Waals surface area contributed by atoms with Crippen molar-refractivity contribution >= 4 is 5.71 Å². The highest BCUT2D eigenvalue weighted by molar-refractivity contribution is 5.89. The number of hydrogen-bond donors (Lipinski definition) is 1. The standard InChI is InChI=1S/C23H29N3O/c1-2-3-14-27-20-11-7-10-19(15-20)23-21-17-26(13-12-22(21)24-25-23)16-18-8-5-4-6-9-18/h4-11,15,21,23,25H,2-3,12-14,16-17H2,1H3. The molecule has 2 aliphatic rings. The molecule has 0 radical (unpaired) electrons. The van der Waals surface area contributed by atoms with Crippen molar-refractivity contribution in [3.05, 3.63) is 65.7 Å². The fourth-order valence-electron chi connectivity index (χ4n) is 4.04. The minimum absolute atomic E-state index is 0.244. The van der Waals surface area contributed by atoms with Gasteiger partial charge >= 0.3 is 0 Å². The Bertz CT molecular complexity index is 774. The lowest BCUT2D eigenvalue weighted by atomic mass is 9.86. The van der Waals surface area contributed by atoms with Crippen molar-refractivity contribution in [1.29, 1.82) is 0 Å². The van der Waals surface area contributed by atoms with Gasteiger partial charge in [-0.25, -0.2) is 0 Å². The summed E-state index contributed by atoms with van der Waals surface area (Å²) < 4.78 is 5.91. The number of likely N-dealkylation sites (tertiary alicyclic amines) is 1. The number of unbranched alkanes of at least 4 members (excludes halogenated alkanes) is 1. The molecule has 1 N–H and O–H groups in total. The minimum Gasteiger partial charge on any atom is -0.494 e. The normalized spacial score (nSPS) is 22.0. The highest BCUT2D eigenvalue weighted by Gasteiger charge is 2.37. The van der Waals surface area contributed by atoms with Crippen LogP contribution in [-0.4, -0.2) is 30.3 Å². The zero-order chi connectivity index (χ0) is 18.5. The number of fused-ring (bicyclic) bond motifs is 1. The fraction of sp³-hybridized carbons (Fsp3) is 0.435. The van der Waals surface area contributed by atoms with Crippen LogP contribution in [0.5, 0.6) is 5.75 Å². The van der Waals surface area contributed by atoms with E-state index >= 15 is 0 Å². The first-order valence-electron chi connectivity index (χ1n) is 10.1. The highest BCUT2D eigenvalue weighted by Crippen LogP contribution is 2.34. The molecule has 2 heterocycles. The molecule has 0 aromatic heterocycles. The van der Waals surface area contributed by atoms with Gasteiger partial charge in [0.25, 0.3) is 0 Å². The molecule has 2 atom stereocenters. The van der Waals surface area contributed by atoms with E-state index in [-0.39, 0.29) is 6.04 Å². The van der Waals surface area contributed by atoms with Crippen molar-refractivity contribution < 1.29 is 4.74 Å². The molecular formula is C23H29N3O. The second-order valence-electron chi connectivity index (χ2n) is 7.56. The Morgan fingerprint density at radius 1 is 1.15 bits per heavy atom. The molecule has 0 spiro atoms. The van der Waals surface area contributed by atoms with E-state index in [1.807, 2.05) is 0 Å². The highest BCUT2D eigenvalue weighted by atomic mass is 16.5. The second kappa shape index (κ2) is 8.57. The first kappa shape index (κ1) is 18.1. The second-order valence-corrected chi connectivity index (χ2v) is 7.56. The topological polar surface area (TPSA) is 36.9 Å². The lowest BCUT2D eigenvalue weighted by Gasteiger charge is -2.33. The van der Waals surface area contributed by atoms with Crippen LogP contribution in [0.2, 0.25) is 0 Å². The molecule has 1 fully saturated rings. The molecule has 0 aliphatic carbocycles. The summed E-state index contributed by atoms with van der Waals surface area (Å²) in [5.74, 6) is 1.40. The van der Waals surface area contributed by atoms with Crippen molar-refractivity contribution in [3.8, 4) is 5.75 Å². The van der Waals surface area contributed by atoms with Crippen LogP contribution >= 0.6 is 0 Å². The van der Waals surface area contributed by atoms with Crippen LogP contribution in [0.15, 0.2) is 59.7 Å². The van der Waals surface area contributed by atoms with Gasteiger partial charge < -0.3 is 10.2 Å². The Hall–Kier alpha value is -2.33. The van der Waals surface area contributed by atoms with E-state index in [1.54, 1.807) is 0 Å². The van der Waals surface area contributed by atoms with Crippen LogP contribution < -0.4 is 10.2 Å². The van der Waals surface area contributed by atoms with Gasteiger partial charge in [-0.15, -0.1) is 0 Å². The van der Waals surface area contributed by atoms with Crippen LogP contribution in [-0.2, 0) is 6.54 Å². The average Bonchev–Trinajstić information content (AvgIpc) is 3.13. The van der Waals surface area contributed by atoms with Gasteiger partial charge in [-0.2, -0.15) is 5.10 Å². The van der Waals surface area contributed by atoms with E-state index in [0.717, 1.165) is 51.3 Å². The number of nitrogens with zero attached hydrogens (tertiary/aromatic N) is 2. The van der Waals surface area contributed by atoms with E-state index in [2.05, 4.69) is 76.9 Å². The zero-order valence-electron chi connectivity index (χ0n) is 16.1. The molecule has 2 unspecified atom stereocenters. The van der Waals surface area contributed by atoms with E-state index in [9.17, 15) is 0 Å². The molecule has 0 amide bonds. The number of hydrazone groups is 1. The molecule has 0 saturated carbocycles. The number of rotatable bonds is 7. The van der Waals surface area contributed by atoms with Gasteiger partial charge in [0, 0.05) is 37.7 Å². The largest absolute Gasteiger partial charge is 0.494 e. The van der Waals surface area contributed by atoms with Gasteiger partial charge in [0.05, 0.1) is 12.6 Å². The van der Waals surface area contributed by atoms with Crippen molar-refractivity contribution in [1.82, 2.24) is 10.3 Å². The smallest absolute Gasteiger partial charge is 0.119 e. The summed E-state index contributed by atoms with van der Waals surface area (Å²) in [6.45, 7) is 6.11. The molecule has 27 heavy (non-hydrogen) atoms. The molecule has 1 saturated heterocycles. The lowest BCUT2D eigenvalue weighted by molar-refractivity contribution is 0.220. The molecule has 4 heteroatoms. The van der Waals surface area contributed by atoms with Gasteiger partial charge in [0.1, 0.15) is 5.75 Å². The fourth-order valence-corrected chi connectivity index (χ4v) is 4.04. The summed E-state index contributed by atoms with van der Waals surface area (Å²) in [7, 11) is 0. The van der Waals surface area contributed by atoms with Crippen molar-refractivity contribution in [2.75, 3.05) is 19.7 Å². The Morgan fingerprint density at radius 3 is 2.89 bits per heavy atom. The Kier molecular flexibility index (Phi) is 5.73. The molecule has 142 valence electrons. The first-order chi connectivity index (χ1) is 13.3. The van der Waals surface area contributed by atoms with Gasteiger partial charge in [-0.1, -0.05) is 55.8 Å². The molecule has 2 aliphatic heterocycles. The Morgan fingerprint density at radius 2 is 2.04 bits per heavy atom. The van der Waals surface area contributed by atoms with Crippen molar-refractivity contribution in [3.63, 3.8) is 0 Å². The maximum absolute atomic E-state index is 5.91. The number of hydrogen-bond acceptors (Lipinski definition) is 4.